The smallest absolute Gasteiger partial charge is 0.117 e. The fourth-order valence-electron chi connectivity index (χ4n) is 2.50. The van der Waals surface area contributed by atoms with Gasteiger partial charge in [-0.1, -0.05) is 6.92 Å². The summed E-state index contributed by atoms with van der Waals surface area (Å²) >= 11 is 4.86. The van der Waals surface area contributed by atoms with Crippen LogP contribution in [-0.4, -0.2) is 28.9 Å². The number of aromatic nitrogens is 1. The lowest BCUT2D eigenvalue weighted by molar-refractivity contribution is -0.0906. The number of ether oxygens (including phenoxy) is 1. The molecule has 1 aromatic rings. The van der Waals surface area contributed by atoms with Crippen molar-refractivity contribution in [2.45, 2.75) is 44.4 Å². The van der Waals surface area contributed by atoms with E-state index in [0.717, 1.165) is 16.0 Å². The lowest BCUT2D eigenvalue weighted by Crippen LogP contribution is -2.56. The number of nitrogens with two attached hydrogens (primary N) is 1. The van der Waals surface area contributed by atoms with Crippen molar-refractivity contribution in [3.05, 3.63) is 15.0 Å². The number of hydrogen-bond acceptors (Lipinski definition) is 5. The van der Waals surface area contributed by atoms with Crippen molar-refractivity contribution in [3.8, 4) is 0 Å². The SMILES string of the molecule is CC[C@@H](O)[C@@H]1C[C@H](C)OC[C@@]1(N)c1nc(Br)cs1. The molecule has 6 heteroatoms. The number of hydrogen-bond donors (Lipinski definition) is 2. The summed E-state index contributed by atoms with van der Waals surface area (Å²) in [5.41, 5.74) is 5.84. The van der Waals surface area contributed by atoms with Gasteiger partial charge in [-0.05, 0) is 35.7 Å². The van der Waals surface area contributed by atoms with Crippen LogP contribution in [0.3, 0.4) is 0 Å². The van der Waals surface area contributed by atoms with Crippen molar-refractivity contribution in [1.82, 2.24) is 4.98 Å². The van der Waals surface area contributed by atoms with Gasteiger partial charge in [-0.2, -0.15) is 0 Å². The van der Waals surface area contributed by atoms with Crippen molar-refractivity contribution in [2.24, 2.45) is 11.7 Å². The summed E-state index contributed by atoms with van der Waals surface area (Å²) in [6.07, 6.45) is 1.19. The molecule has 1 aromatic heterocycles. The molecule has 2 heterocycles. The lowest BCUT2D eigenvalue weighted by Gasteiger charge is -2.44. The Balaban J connectivity index is 2.32. The lowest BCUT2D eigenvalue weighted by atomic mass is 9.76. The van der Waals surface area contributed by atoms with E-state index >= 15 is 0 Å². The van der Waals surface area contributed by atoms with Gasteiger partial charge in [0.2, 0.25) is 0 Å². The summed E-state index contributed by atoms with van der Waals surface area (Å²) in [5, 5.41) is 13.0. The molecule has 0 unspecified atom stereocenters. The van der Waals surface area contributed by atoms with E-state index in [1.807, 2.05) is 19.2 Å². The summed E-state index contributed by atoms with van der Waals surface area (Å²) in [6, 6.07) is 0. The fraction of sp³-hybridized carbons (Fsp3) is 0.750. The van der Waals surface area contributed by atoms with Crippen LogP contribution in [0.4, 0.5) is 0 Å². The Kier molecular flexibility index (Phi) is 4.44. The second-order valence-electron chi connectivity index (χ2n) is 4.96. The van der Waals surface area contributed by atoms with E-state index in [-0.39, 0.29) is 12.0 Å². The van der Waals surface area contributed by atoms with Crippen molar-refractivity contribution in [2.75, 3.05) is 6.61 Å². The minimum Gasteiger partial charge on any atom is -0.393 e. The number of aliphatic hydroxyl groups excluding tert-OH is 1. The van der Waals surface area contributed by atoms with E-state index in [9.17, 15) is 5.11 Å². The second kappa shape index (κ2) is 5.54. The minimum atomic E-state index is -0.682. The Morgan fingerprint density at radius 2 is 2.50 bits per heavy atom. The first-order valence-corrected chi connectivity index (χ1v) is 7.84. The third kappa shape index (κ3) is 2.63. The van der Waals surface area contributed by atoms with Crippen molar-refractivity contribution in [3.63, 3.8) is 0 Å². The van der Waals surface area contributed by atoms with Gasteiger partial charge < -0.3 is 15.6 Å². The molecule has 0 aliphatic carbocycles. The molecule has 4 nitrogen and oxygen atoms in total. The summed E-state index contributed by atoms with van der Waals surface area (Å²) in [7, 11) is 0. The molecule has 0 bridgehead atoms. The topological polar surface area (TPSA) is 68.4 Å². The van der Waals surface area contributed by atoms with Crippen LogP contribution >= 0.6 is 27.3 Å². The minimum absolute atomic E-state index is 0.00991. The zero-order chi connectivity index (χ0) is 13.3. The van der Waals surface area contributed by atoms with Gasteiger partial charge in [0, 0.05) is 11.3 Å². The Morgan fingerprint density at radius 3 is 3.06 bits per heavy atom. The third-order valence-electron chi connectivity index (χ3n) is 3.61. The molecule has 2 rings (SSSR count). The number of halogens is 1. The quantitative estimate of drug-likeness (QED) is 0.889. The van der Waals surface area contributed by atoms with Gasteiger partial charge >= 0.3 is 0 Å². The molecule has 0 spiro atoms. The van der Waals surface area contributed by atoms with Crippen molar-refractivity contribution < 1.29 is 9.84 Å². The number of aliphatic hydroxyl groups is 1. The maximum Gasteiger partial charge on any atom is 0.117 e. The maximum atomic E-state index is 10.2. The molecule has 1 saturated heterocycles. The van der Waals surface area contributed by atoms with Crippen LogP contribution < -0.4 is 5.73 Å². The molecular weight excluding hydrogens is 316 g/mol. The summed E-state index contributed by atoms with van der Waals surface area (Å²) in [6.45, 7) is 4.41. The number of nitrogens with zero attached hydrogens (tertiary/aromatic N) is 1. The molecule has 0 radical (unpaired) electrons. The Hall–Kier alpha value is -0.0100. The van der Waals surface area contributed by atoms with E-state index in [2.05, 4.69) is 20.9 Å². The largest absolute Gasteiger partial charge is 0.393 e. The molecule has 1 aliphatic heterocycles. The first-order valence-electron chi connectivity index (χ1n) is 6.17. The van der Waals surface area contributed by atoms with Crippen LogP contribution in [0.5, 0.6) is 0 Å². The second-order valence-corrected chi connectivity index (χ2v) is 6.63. The highest BCUT2D eigenvalue weighted by Crippen LogP contribution is 2.40. The third-order valence-corrected chi connectivity index (χ3v) is 5.36. The zero-order valence-corrected chi connectivity index (χ0v) is 13.0. The molecule has 0 amide bonds. The molecule has 0 saturated carbocycles. The molecular formula is C12H19BrN2O2S. The van der Waals surface area contributed by atoms with Gasteiger partial charge in [0.15, 0.2) is 0 Å². The summed E-state index contributed by atoms with van der Waals surface area (Å²) < 4.78 is 6.48. The van der Waals surface area contributed by atoms with Gasteiger partial charge in [-0.15, -0.1) is 11.3 Å². The fourth-order valence-corrected chi connectivity index (χ4v) is 3.91. The predicted molar refractivity (Wildman–Crippen MR) is 75.5 cm³/mol. The zero-order valence-electron chi connectivity index (χ0n) is 10.6. The number of thiazole rings is 1. The van der Waals surface area contributed by atoms with Gasteiger partial charge in [0.25, 0.3) is 0 Å². The molecule has 0 aromatic carbocycles. The van der Waals surface area contributed by atoms with E-state index in [0.29, 0.717) is 13.0 Å². The Labute approximate surface area is 120 Å². The normalized spacial score (nSPS) is 34.5. The summed E-state index contributed by atoms with van der Waals surface area (Å²) in [5.74, 6) is -0.00991. The van der Waals surface area contributed by atoms with Crippen LogP contribution in [0.1, 0.15) is 31.7 Å². The van der Waals surface area contributed by atoms with Crippen LogP contribution in [0, 0.1) is 5.92 Å². The average molecular weight is 335 g/mol. The first-order chi connectivity index (χ1) is 8.47. The van der Waals surface area contributed by atoms with E-state index in [1.54, 1.807) is 0 Å². The summed E-state index contributed by atoms with van der Waals surface area (Å²) in [4.78, 5) is 4.42. The van der Waals surface area contributed by atoms with Gasteiger partial charge in [-0.3, -0.25) is 0 Å². The van der Waals surface area contributed by atoms with Crippen molar-refractivity contribution in [1.29, 1.82) is 0 Å². The van der Waals surface area contributed by atoms with E-state index < -0.39 is 11.6 Å². The van der Waals surface area contributed by atoms with Crippen LogP contribution in [0.15, 0.2) is 9.98 Å². The number of rotatable bonds is 3. The van der Waals surface area contributed by atoms with Gasteiger partial charge in [-0.25, -0.2) is 4.98 Å². The highest BCUT2D eigenvalue weighted by Gasteiger charge is 2.46. The molecule has 1 aliphatic rings. The highest BCUT2D eigenvalue weighted by atomic mass is 79.9. The predicted octanol–water partition coefficient (Wildman–Crippen LogP) is 2.26. The molecule has 3 N–H and O–H groups in total. The molecule has 4 atom stereocenters. The Morgan fingerprint density at radius 1 is 1.78 bits per heavy atom. The maximum absolute atomic E-state index is 10.2. The van der Waals surface area contributed by atoms with E-state index in [4.69, 9.17) is 10.5 Å². The molecule has 102 valence electrons. The van der Waals surface area contributed by atoms with Gasteiger partial charge in [0.1, 0.15) is 9.61 Å². The average Bonchev–Trinajstić information content (AvgIpc) is 2.79. The standard InChI is InChI=1S/C12H19BrN2O2S/c1-3-9(16)8-4-7(2)17-6-12(8,14)11-15-10(13)5-18-11/h5,7-9,16H,3-4,6,14H2,1-2H3/t7-,8-,9+,12-/m0/s1. The highest BCUT2D eigenvalue weighted by molar-refractivity contribution is 9.10. The van der Waals surface area contributed by atoms with Crippen molar-refractivity contribution >= 4 is 27.3 Å². The van der Waals surface area contributed by atoms with Crippen LogP contribution in [0.25, 0.3) is 0 Å². The van der Waals surface area contributed by atoms with E-state index in [1.165, 1.54) is 11.3 Å². The Bertz CT molecular complexity index is 415. The molecule has 18 heavy (non-hydrogen) atoms. The van der Waals surface area contributed by atoms with Crippen LogP contribution in [0.2, 0.25) is 0 Å². The monoisotopic (exact) mass is 334 g/mol. The first kappa shape index (κ1) is 14.4. The van der Waals surface area contributed by atoms with Crippen LogP contribution in [-0.2, 0) is 10.3 Å². The molecule has 1 fully saturated rings. The van der Waals surface area contributed by atoms with Gasteiger partial charge in [0.05, 0.1) is 24.4 Å².